The van der Waals surface area contributed by atoms with Crippen LogP contribution in [0, 0.1) is 0 Å². The van der Waals surface area contributed by atoms with Crippen LogP contribution in [0.3, 0.4) is 0 Å². The second-order valence-electron chi connectivity index (χ2n) is 4.56. The Labute approximate surface area is 128 Å². The molecule has 2 heterocycles. The Hall–Kier alpha value is -1.87. The van der Waals surface area contributed by atoms with Gasteiger partial charge in [0.25, 0.3) is 0 Å². The molecule has 1 fully saturated rings. The molecule has 1 aliphatic carbocycles. The summed E-state index contributed by atoms with van der Waals surface area (Å²) < 4.78 is 1.98. The molecule has 3 rings (SSSR count). The van der Waals surface area contributed by atoms with E-state index < -0.39 is 5.97 Å². The maximum atomic E-state index is 11.9. The summed E-state index contributed by atoms with van der Waals surface area (Å²) in [7, 11) is 0. The number of nitrogens with zero attached hydrogens (tertiary/aromatic N) is 3. The minimum Gasteiger partial charge on any atom is -0.477 e. The van der Waals surface area contributed by atoms with Crippen LogP contribution in [0.15, 0.2) is 22.9 Å². The van der Waals surface area contributed by atoms with Crippen LogP contribution in [0.5, 0.6) is 0 Å². The molecule has 21 heavy (non-hydrogen) atoms. The molecule has 0 bridgehead atoms. The van der Waals surface area contributed by atoms with E-state index in [0.717, 1.165) is 29.3 Å². The molecule has 0 saturated heterocycles. The van der Waals surface area contributed by atoms with Crippen molar-refractivity contribution >= 4 is 40.7 Å². The number of nitrogens with one attached hydrogen (secondary N) is 1. The molecule has 0 aromatic carbocycles. The standard InChI is InChI=1S/C12H12N4O3S2/c17-9(14-8-3-4-20-10(8)11(18)19)5-21-12-15-13-6-16(12)7-1-2-7/h3-4,6-7H,1-2,5H2,(H,14,17)(H,18,19). The van der Waals surface area contributed by atoms with Gasteiger partial charge in [-0.15, -0.1) is 21.5 Å². The highest BCUT2D eigenvalue weighted by atomic mass is 32.2. The van der Waals surface area contributed by atoms with Crippen LogP contribution >= 0.6 is 23.1 Å². The fourth-order valence-electron chi connectivity index (χ4n) is 1.83. The molecule has 2 N–H and O–H groups in total. The van der Waals surface area contributed by atoms with E-state index >= 15 is 0 Å². The zero-order chi connectivity index (χ0) is 14.8. The molecule has 9 heteroatoms. The number of carbonyl (C=O) groups excluding carboxylic acids is 1. The van der Waals surface area contributed by atoms with Crippen LogP contribution in [-0.4, -0.2) is 37.5 Å². The van der Waals surface area contributed by atoms with Crippen molar-refractivity contribution in [1.82, 2.24) is 14.8 Å². The predicted molar refractivity (Wildman–Crippen MR) is 78.9 cm³/mol. The SMILES string of the molecule is O=C(CSc1nncn1C1CC1)Nc1ccsc1C(=O)O. The van der Waals surface area contributed by atoms with Gasteiger partial charge in [-0.2, -0.15) is 0 Å². The van der Waals surface area contributed by atoms with E-state index in [1.165, 1.54) is 11.8 Å². The van der Waals surface area contributed by atoms with E-state index in [4.69, 9.17) is 5.11 Å². The number of carboxylic acid groups (broad SMARTS) is 1. The number of amides is 1. The van der Waals surface area contributed by atoms with Crippen molar-refractivity contribution in [1.29, 1.82) is 0 Å². The summed E-state index contributed by atoms with van der Waals surface area (Å²) >= 11 is 2.38. The number of hydrogen-bond acceptors (Lipinski definition) is 6. The molecular weight excluding hydrogens is 312 g/mol. The summed E-state index contributed by atoms with van der Waals surface area (Å²) in [5.41, 5.74) is 0.335. The maximum absolute atomic E-state index is 11.9. The summed E-state index contributed by atoms with van der Waals surface area (Å²) in [4.78, 5) is 23.0. The lowest BCUT2D eigenvalue weighted by atomic mass is 10.4. The topological polar surface area (TPSA) is 97.1 Å². The smallest absolute Gasteiger partial charge is 0.348 e. The number of anilines is 1. The van der Waals surface area contributed by atoms with Crippen LogP contribution in [-0.2, 0) is 4.79 Å². The monoisotopic (exact) mass is 324 g/mol. The molecule has 0 spiro atoms. The van der Waals surface area contributed by atoms with E-state index in [0.29, 0.717) is 11.7 Å². The lowest BCUT2D eigenvalue weighted by molar-refractivity contribution is -0.113. The largest absolute Gasteiger partial charge is 0.477 e. The van der Waals surface area contributed by atoms with Crippen molar-refractivity contribution < 1.29 is 14.7 Å². The Kier molecular flexibility index (Phi) is 3.93. The van der Waals surface area contributed by atoms with Gasteiger partial charge in [0.1, 0.15) is 11.2 Å². The maximum Gasteiger partial charge on any atom is 0.348 e. The number of aromatic nitrogens is 3. The molecule has 0 unspecified atom stereocenters. The van der Waals surface area contributed by atoms with Crippen molar-refractivity contribution in [3.05, 3.63) is 22.7 Å². The molecule has 1 aliphatic rings. The first-order chi connectivity index (χ1) is 10.1. The zero-order valence-corrected chi connectivity index (χ0v) is 12.5. The number of thioether (sulfide) groups is 1. The van der Waals surface area contributed by atoms with Gasteiger partial charge >= 0.3 is 5.97 Å². The molecule has 2 aromatic heterocycles. The van der Waals surface area contributed by atoms with E-state index in [1.807, 2.05) is 4.57 Å². The van der Waals surface area contributed by atoms with Crippen molar-refractivity contribution in [3.63, 3.8) is 0 Å². The Morgan fingerprint density at radius 1 is 1.52 bits per heavy atom. The van der Waals surface area contributed by atoms with E-state index in [9.17, 15) is 9.59 Å². The number of rotatable bonds is 6. The molecule has 7 nitrogen and oxygen atoms in total. The minimum atomic E-state index is -1.04. The third-order valence-electron chi connectivity index (χ3n) is 2.95. The summed E-state index contributed by atoms with van der Waals surface area (Å²) in [6.45, 7) is 0. The highest BCUT2D eigenvalue weighted by Gasteiger charge is 2.26. The average molecular weight is 324 g/mol. The number of thiophene rings is 1. The normalized spacial score (nSPS) is 14.1. The first kappa shape index (κ1) is 14.1. The predicted octanol–water partition coefficient (Wildman–Crippen LogP) is 2.10. The molecule has 1 amide bonds. The van der Waals surface area contributed by atoms with Crippen LogP contribution in [0.25, 0.3) is 0 Å². The Bertz CT molecular complexity index is 678. The second-order valence-corrected chi connectivity index (χ2v) is 6.42. The number of carbonyl (C=O) groups is 2. The lowest BCUT2D eigenvalue weighted by Crippen LogP contribution is -2.15. The first-order valence-corrected chi connectivity index (χ1v) is 8.14. The van der Waals surface area contributed by atoms with Gasteiger partial charge in [-0.3, -0.25) is 4.79 Å². The molecule has 1 saturated carbocycles. The fraction of sp³-hybridized carbons (Fsp3) is 0.333. The molecule has 0 radical (unpaired) electrons. The zero-order valence-electron chi connectivity index (χ0n) is 10.9. The average Bonchev–Trinajstić information content (AvgIpc) is 3.00. The fourth-order valence-corrected chi connectivity index (χ4v) is 3.30. The van der Waals surface area contributed by atoms with Gasteiger partial charge in [-0.1, -0.05) is 11.8 Å². The molecule has 0 atom stereocenters. The van der Waals surface area contributed by atoms with Crippen molar-refractivity contribution in [2.75, 3.05) is 11.1 Å². The third-order valence-corrected chi connectivity index (χ3v) is 4.81. The molecule has 0 aliphatic heterocycles. The summed E-state index contributed by atoms with van der Waals surface area (Å²) in [5.74, 6) is -1.13. The first-order valence-electron chi connectivity index (χ1n) is 6.28. The summed E-state index contributed by atoms with van der Waals surface area (Å²) in [5, 5.41) is 21.8. The highest BCUT2D eigenvalue weighted by Crippen LogP contribution is 2.37. The van der Waals surface area contributed by atoms with Gasteiger partial charge in [0.05, 0.1) is 11.4 Å². The second kappa shape index (κ2) is 5.86. The highest BCUT2D eigenvalue weighted by molar-refractivity contribution is 7.99. The van der Waals surface area contributed by atoms with E-state index in [-0.39, 0.29) is 16.5 Å². The van der Waals surface area contributed by atoms with Gasteiger partial charge in [0, 0.05) is 6.04 Å². The Morgan fingerprint density at radius 3 is 3.05 bits per heavy atom. The molecule has 110 valence electrons. The van der Waals surface area contributed by atoms with Crippen LogP contribution in [0.4, 0.5) is 5.69 Å². The van der Waals surface area contributed by atoms with Crippen LogP contribution < -0.4 is 5.32 Å². The third kappa shape index (κ3) is 3.24. The lowest BCUT2D eigenvalue weighted by Gasteiger charge is -2.05. The number of carboxylic acids is 1. The Balaban J connectivity index is 1.58. The summed E-state index contributed by atoms with van der Waals surface area (Å²) in [6, 6.07) is 2.05. The van der Waals surface area contributed by atoms with Gasteiger partial charge in [0.15, 0.2) is 5.16 Å². The van der Waals surface area contributed by atoms with Gasteiger partial charge in [-0.25, -0.2) is 4.79 Å². The minimum absolute atomic E-state index is 0.134. The number of hydrogen-bond donors (Lipinski definition) is 2. The van der Waals surface area contributed by atoms with Crippen molar-refractivity contribution in [2.24, 2.45) is 0 Å². The van der Waals surface area contributed by atoms with E-state index in [1.54, 1.807) is 17.8 Å². The molecule has 2 aromatic rings. The Morgan fingerprint density at radius 2 is 2.33 bits per heavy atom. The summed E-state index contributed by atoms with van der Waals surface area (Å²) in [6.07, 6.45) is 3.92. The van der Waals surface area contributed by atoms with Crippen LogP contribution in [0.1, 0.15) is 28.6 Å². The van der Waals surface area contributed by atoms with Gasteiger partial charge in [0.2, 0.25) is 5.91 Å². The van der Waals surface area contributed by atoms with Crippen LogP contribution in [0.2, 0.25) is 0 Å². The van der Waals surface area contributed by atoms with E-state index in [2.05, 4.69) is 15.5 Å². The van der Waals surface area contributed by atoms with Crippen molar-refractivity contribution in [2.45, 2.75) is 24.0 Å². The molecular formula is C12H12N4O3S2. The quantitative estimate of drug-likeness (QED) is 0.790. The van der Waals surface area contributed by atoms with Gasteiger partial charge in [-0.05, 0) is 24.3 Å². The van der Waals surface area contributed by atoms with Crippen molar-refractivity contribution in [3.8, 4) is 0 Å². The van der Waals surface area contributed by atoms with Gasteiger partial charge < -0.3 is 15.0 Å². The number of aromatic carboxylic acids is 1.